The summed E-state index contributed by atoms with van der Waals surface area (Å²) in [4.78, 5) is 11.1. The zero-order valence-corrected chi connectivity index (χ0v) is 7.46. The van der Waals surface area contributed by atoms with Crippen molar-refractivity contribution in [3.63, 3.8) is 0 Å². The minimum Gasteiger partial charge on any atom is -0.377 e. The standard InChI is InChI=1S/C8H17NO2/c1-4-6(2)8(9)7(10)5-11-3/h6,8H,4-5,9H2,1-3H3. The monoisotopic (exact) mass is 159 g/mol. The fraction of sp³-hybridized carbons (Fsp3) is 0.875. The number of Topliss-reactive ketones (excluding diaryl/α,β-unsaturated/α-hetero) is 1. The van der Waals surface area contributed by atoms with Gasteiger partial charge in [-0.15, -0.1) is 0 Å². The quantitative estimate of drug-likeness (QED) is 0.638. The van der Waals surface area contributed by atoms with E-state index in [1.165, 1.54) is 7.11 Å². The fourth-order valence-electron chi connectivity index (χ4n) is 0.810. The Bertz CT molecular complexity index is 125. The van der Waals surface area contributed by atoms with E-state index >= 15 is 0 Å². The van der Waals surface area contributed by atoms with Gasteiger partial charge < -0.3 is 10.5 Å². The number of ketones is 1. The molecule has 0 fully saturated rings. The van der Waals surface area contributed by atoms with Crippen LogP contribution in [0.4, 0.5) is 0 Å². The van der Waals surface area contributed by atoms with Crippen molar-refractivity contribution in [2.24, 2.45) is 11.7 Å². The zero-order chi connectivity index (χ0) is 8.85. The molecule has 3 nitrogen and oxygen atoms in total. The third-order valence-corrected chi connectivity index (χ3v) is 1.92. The van der Waals surface area contributed by atoms with E-state index in [0.717, 1.165) is 6.42 Å². The molecule has 3 heteroatoms. The van der Waals surface area contributed by atoms with Crippen molar-refractivity contribution < 1.29 is 9.53 Å². The number of carbonyl (C=O) groups excluding carboxylic acids is 1. The summed E-state index contributed by atoms with van der Waals surface area (Å²) < 4.78 is 4.69. The van der Waals surface area contributed by atoms with Crippen molar-refractivity contribution in [1.82, 2.24) is 0 Å². The Morgan fingerprint density at radius 3 is 2.55 bits per heavy atom. The van der Waals surface area contributed by atoms with Crippen molar-refractivity contribution in [3.05, 3.63) is 0 Å². The minimum absolute atomic E-state index is 0.0122. The molecule has 11 heavy (non-hydrogen) atoms. The van der Waals surface area contributed by atoms with Gasteiger partial charge in [0, 0.05) is 7.11 Å². The summed E-state index contributed by atoms with van der Waals surface area (Å²) in [6.45, 7) is 4.12. The van der Waals surface area contributed by atoms with Crippen LogP contribution in [-0.4, -0.2) is 25.5 Å². The van der Waals surface area contributed by atoms with Gasteiger partial charge in [0.15, 0.2) is 5.78 Å². The highest BCUT2D eigenvalue weighted by Crippen LogP contribution is 2.05. The van der Waals surface area contributed by atoms with E-state index in [9.17, 15) is 4.79 Å². The molecule has 0 aromatic carbocycles. The molecule has 0 aliphatic heterocycles. The first-order chi connectivity index (χ1) is 5.13. The number of methoxy groups -OCH3 is 1. The number of rotatable bonds is 5. The lowest BCUT2D eigenvalue weighted by Gasteiger charge is -2.15. The molecule has 0 saturated carbocycles. The van der Waals surface area contributed by atoms with Gasteiger partial charge in [-0.25, -0.2) is 0 Å². The first-order valence-electron chi connectivity index (χ1n) is 3.90. The normalized spacial score (nSPS) is 16.0. The van der Waals surface area contributed by atoms with Gasteiger partial charge in [0.05, 0.1) is 6.04 Å². The second-order valence-corrected chi connectivity index (χ2v) is 2.81. The first-order valence-corrected chi connectivity index (χ1v) is 3.90. The number of carbonyl (C=O) groups is 1. The van der Waals surface area contributed by atoms with Crippen LogP contribution in [0.5, 0.6) is 0 Å². The highest BCUT2D eigenvalue weighted by Gasteiger charge is 2.18. The number of ether oxygens (including phenoxy) is 1. The largest absolute Gasteiger partial charge is 0.377 e. The molecule has 0 aliphatic carbocycles. The second kappa shape index (κ2) is 5.27. The molecule has 66 valence electrons. The van der Waals surface area contributed by atoms with E-state index in [1.54, 1.807) is 0 Å². The van der Waals surface area contributed by atoms with E-state index in [4.69, 9.17) is 5.73 Å². The van der Waals surface area contributed by atoms with Crippen molar-refractivity contribution >= 4 is 5.78 Å². The molecule has 0 heterocycles. The summed E-state index contributed by atoms with van der Waals surface area (Å²) in [5.74, 6) is 0.236. The molecule has 0 aromatic heterocycles. The summed E-state index contributed by atoms with van der Waals surface area (Å²) in [6.07, 6.45) is 0.927. The lowest BCUT2D eigenvalue weighted by molar-refractivity contribution is -0.124. The number of hydrogen-bond donors (Lipinski definition) is 1. The maximum Gasteiger partial charge on any atom is 0.175 e. The lowest BCUT2D eigenvalue weighted by atomic mass is 9.97. The maximum absolute atomic E-state index is 11.1. The van der Waals surface area contributed by atoms with Crippen LogP contribution in [0.25, 0.3) is 0 Å². The van der Waals surface area contributed by atoms with Gasteiger partial charge in [-0.2, -0.15) is 0 Å². The Morgan fingerprint density at radius 2 is 2.18 bits per heavy atom. The van der Waals surface area contributed by atoms with Crippen LogP contribution in [0, 0.1) is 5.92 Å². The van der Waals surface area contributed by atoms with Crippen LogP contribution in [-0.2, 0) is 9.53 Å². The van der Waals surface area contributed by atoms with E-state index < -0.39 is 0 Å². The second-order valence-electron chi connectivity index (χ2n) is 2.81. The van der Waals surface area contributed by atoms with Crippen molar-refractivity contribution in [2.45, 2.75) is 26.3 Å². The smallest absolute Gasteiger partial charge is 0.175 e. The van der Waals surface area contributed by atoms with Gasteiger partial charge in [0.25, 0.3) is 0 Å². The van der Waals surface area contributed by atoms with Gasteiger partial charge in [0.1, 0.15) is 6.61 Å². The molecule has 0 aliphatic rings. The Balaban J connectivity index is 3.80. The Hall–Kier alpha value is -0.410. The molecular formula is C8H17NO2. The minimum atomic E-state index is -0.361. The third-order valence-electron chi connectivity index (χ3n) is 1.92. The Kier molecular flexibility index (Phi) is 5.07. The lowest BCUT2D eigenvalue weighted by Crippen LogP contribution is -2.38. The molecule has 0 saturated heterocycles. The van der Waals surface area contributed by atoms with Crippen LogP contribution in [0.1, 0.15) is 20.3 Å². The molecule has 0 bridgehead atoms. The van der Waals surface area contributed by atoms with Crippen LogP contribution in [0.3, 0.4) is 0 Å². The van der Waals surface area contributed by atoms with Gasteiger partial charge in [-0.3, -0.25) is 4.79 Å². The topological polar surface area (TPSA) is 52.3 Å². The predicted octanol–water partition coefficient (Wildman–Crippen LogP) is 0.575. The number of nitrogens with two attached hydrogens (primary N) is 1. The highest BCUT2D eigenvalue weighted by molar-refractivity contribution is 5.85. The molecule has 2 atom stereocenters. The summed E-state index contributed by atoms with van der Waals surface area (Å²) in [6, 6.07) is -0.361. The van der Waals surface area contributed by atoms with Crippen LogP contribution in [0.2, 0.25) is 0 Å². The van der Waals surface area contributed by atoms with E-state index in [2.05, 4.69) is 4.74 Å². The first kappa shape index (κ1) is 10.6. The van der Waals surface area contributed by atoms with Crippen LogP contribution in [0.15, 0.2) is 0 Å². The van der Waals surface area contributed by atoms with Crippen molar-refractivity contribution in [3.8, 4) is 0 Å². The zero-order valence-electron chi connectivity index (χ0n) is 7.46. The molecule has 0 aromatic rings. The molecule has 0 spiro atoms. The molecule has 0 radical (unpaired) electrons. The molecule has 2 N–H and O–H groups in total. The average Bonchev–Trinajstić information content (AvgIpc) is 2.02. The van der Waals surface area contributed by atoms with E-state index in [-0.39, 0.29) is 24.3 Å². The molecular weight excluding hydrogens is 142 g/mol. The Labute approximate surface area is 67.9 Å². The van der Waals surface area contributed by atoms with Gasteiger partial charge in [-0.1, -0.05) is 20.3 Å². The predicted molar refractivity (Wildman–Crippen MR) is 44.3 cm³/mol. The van der Waals surface area contributed by atoms with Gasteiger partial charge in [-0.05, 0) is 5.92 Å². The maximum atomic E-state index is 11.1. The van der Waals surface area contributed by atoms with Gasteiger partial charge in [0.2, 0.25) is 0 Å². The molecule has 0 amide bonds. The highest BCUT2D eigenvalue weighted by atomic mass is 16.5. The summed E-state index contributed by atoms with van der Waals surface area (Å²) in [5.41, 5.74) is 5.63. The summed E-state index contributed by atoms with van der Waals surface area (Å²) >= 11 is 0. The van der Waals surface area contributed by atoms with Gasteiger partial charge >= 0.3 is 0 Å². The molecule has 0 rings (SSSR count). The summed E-state index contributed by atoms with van der Waals surface area (Å²) in [5, 5.41) is 0. The van der Waals surface area contributed by atoms with Crippen molar-refractivity contribution in [1.29, 1.82) is 0 Å². The molecule has 2 unspecified atom stereocenters. The van der Waals surface area contributed by atoms with Crippen molar-refractivity contribution in [2.75, 3.05) is 13.7 Å². The average molecular weight is 159 g/mol. The fourth-order valence-corrected chi connectivity index (χ4v) is 0.810. The van der Waals surface area contributed by atoms with E-state index in [1.807, 2.05) is 13.8 Å². The third kappa shape index (κ3) is 3.49. The number of hydrogen-bond acceptors (Lipinski definition) is 3. The van der Waals surface area contributed by atoms with Crippen LogP contribution >= 0.6 is 0 Å². The van der Waals surface area contributed by atoms with E-state index in [0.29, 0.717) is 0 Å². The summed E-state index contributed by atoms with van der Waals surface area (Å²) in [7, 11) is 1.50. The Morgan fingerprint density at radius 1 is 1.64 bits per heavy atom. The SMILES string of the molecule is CCC(C)C(N)C(=O)COC. The van der Waals surface area contributed by atoms with Crippen LogP contribution < -0.4 is 5.73 Å².